The molecule has 0 bridgehead atoms. The number of benzene rings is 2. The summed E-state index contributed by atoms with van der Waals surface area (Å²) in [7, 11) is 2.18. The van der Waals surface area contributed by atoms with Gasteiger partial charge in [0.1, 0.15) is 6.33 Å². The highest BCUT2D eigenvalue weighted by atomic mass is 15.2. The summed E-state index contributed by atoms with van der Waals surface area (Å²) in [5, 5.41) is 3.44. The lowest BCUT2D eigenvalue weighted by molar-refractivity contribution is 0.313. The fourth-order valence-electron chi connectivity index (χ4n) is 4.06. The van der Waals surface area contributed by atoms with Crippen LogP contribution in [0.3, 0.4) is 0 Å². The second-order valence-corrected chi connectivity index (χ2v) is 8.28. The van der Waals surface area contributed by atoms with Crippen LogP contribution in [-0.2, 0) is 0 Å². The second kappa shape index (κ2) is 8.96. The highest BCUT2D eigenvalue weighted by molar-refractivity contribution is 5.86. The summed E-state index contributed by atoms with van der Waals surface area (Å²) < 4.78 is 2.02. The lowest BCUT2D eigenvalue weighted by atomic mass is 10.1. The molecule has 4 aromatic rings. The van der Waals surface area contributed by atoms with Crippen LogP contribution < -0.4 is 10.2 Å². The van der Waals surface area contributed by atoms with Crippen molar-refractivity contribution in [1.29, 1.82) is 0 Å². The molecule has 0 unspecified atom stereocenters. The molecule has 0 atom stereocenters. The van der Waals surface area contributed by atoms with Crippen LogP contribution in [0.4, 0.5) is 11.5 Å². The van der Waals surface area contributed by atoms with Gasteiger partial charge in [-0.05, 0) is 49.9 Å². The molecule has 1 fully saturated rings. The number of aromatic nitrogens is 4. The van der Waals surface area contributed by atoms with Gasteiger partial charge in [-0.25, -0.2) is 15.0 Å². The molecule has 0 saturated carbocycles. The number of likely N-dealkylation sites (N-methyl/N-ethyl adjacent to an activating group) is 1. The van der Waals surface area contributed by atoms with E-state index < -0.39 is 0 Å². The normalized spacial score (nSPS) is 14.8. The number of imidazole rings is 1. The molecule has 0 spiro atoms. The number of piperazine rings is 1. The molecule has 1 saturated heterocycles. The number of nitrogens with one attached hydrogen (secondary N) is 1. The average Bonchev–Trinajstić information content (AvgIpc) is 3.28. The van der Waals surface area contributed by atoms with Crippen molar-refractivity contribution >= 4 is 22.7 Å². The lowest BCUT2D eigenvalue weighted by Gasteiger charge is -2.34. The number of para-hydroxylation sites is 1. The molecule has 1 aliphatic heterocycles. The molecule has 7 heteroatoms. The third-order valence-corrected chi connectivity index (χ3v) is 5.97. The summed E-state index contributed by atoms with van der Waals surface area (Å²) in [4.78, 5) is 19.2. The van der Waals surface area contributed by atoms with E-state index in [9.17, 15) is 0 Å². The van der Waals surface area contributed by atoms with Crippen molar-refractivity contribution in [3.8, 4) is 17.1 Å². The number of rotatable bonds is 6. The molecule has 0 amide bonds. The predicted octanol–water partition coefficient (Wildman–Crippen LogP) is 4.06. The van der Waals surface area contributed by atoms with Gasteiger partial charge in [0.25, 0.3) is 0 Å². The van der Waals surface area contributed by atoms with Crippen LogP contribution in [0.2, 0.25) is 0 Å². The first kappa shape index (κ1) is 20.5. The molecule has 2 aromatic heterocycles. The predicted molar refractivity (Wildman–Crippen MR) is 131 cm³/mol. The maximum atomic E-state index is 4.93. The SMILES string of the molecule is CCCNc1nc(-c2ccc(N3CCN(C)CC3)cc2)nc2c1ncn2-c1ccccc1. The molecule has 3 heterocycles. The summed E-state index contributed by atoms with van der Waals surface area (Å²) in [6.07, 6.45) is 2.84. The van der Waals surface area contributed by atoms with E-state index in [0.29, 0.717) is 5.82 Å². The molecule has 5 rings (SSSR count). The van der Waals surface area contributed by atoms with Crippen molar-refractivity contribution in [2.24, 2.45) is 0 Å². The van der Waals surface area contributed by atoms with Crippen LogP contribution in [0.25, 0.3) is 28.2 Å². The topological polar surface area (TPSA) is 62.1 Å². The first-order valence-electron chi connectivity index (χ1n) is 11.3. The van der Waals surface area contributed by atoms with Crippen molar-refractivity contribution in [3.05, 3.63) is 60.9 Å². The minimum atomic E-state index is 0.707. The molecule has 0 aliphatic carbocycles. The van der Waals surface area contributed by atoms with Crippen LogP contribution in [0.15, 0.2) is 60.9 Å². The van der Waals surface area contributed by atoms with Gasteiger partial charge in [0.15, 0.2) is 22.8 Å². The maximum absolute atomic E-state index is 4.93. The van der Waals surface area contributed by atoms with E-state index in [1.54, 1.807) is 0 Å². The van der Waals surface area contributed by atoms with E-state index in [-0.39, 0.29) is 0 Å². The van der Waals surface area contributed by atoms with Gasteiger partial charge in [0, 0.05) is 49.7 Å². The molecule has 1 N–H and O–H groups in total. The van der Waals surface area contributed by atoms with E-state index in [2.05, 4.69) is 70.5 Å². The quantitative estimate of drug-likeness (QED) is 0.501. The molecule has 0 radical (unpaired) electrons. The summed E-state index contributed by atoms with van der Waals surface area (Å²) in [5.41, 5.74) is 4.89. The highest BCUT2D eigenvalue weighted by Gasteiger charge is 2.17. The van der Waals surface area contributed by atoms with Crippen LogP contribution in [0.5, 0.6) is 0 Å². The van der Waals surface area contributed by atoms with Gasteiger partial charge in [0.05, 0.1) is 0 Å². The maximum Gasteiger partial charge on any atom is 0.170 e. The van der Waals surface area contributed by atoms with Crippen molar-refractivity contribution in [2.75, 3.05) is 50.0 Å². The minimum absolute atomic E-state index is 0.707. The minimum Gasteiger partial charge on any atom is -0.369 e. The molecule has 32 heavy (non-hydrogen) atoms. The first-order valence-corrected chi connectivity index (χ1v) is 11.3. The van der Waals surface area contributed by atoms with Crippen LogP contribution in [0, 0.1) is 0 Å². The van der Waals surface area contributed by atoms with Crippen LogP contribution in [0.1, 0.15) is 13.3 Å². The van der Waals surface area contributed by atoms with E-state index in [4.69, 9.17) is 9.97 Å². The molecular formula is C25H29N7. The Morgan fingerprint density at radius 3 is 2.34 bits per heavy atom. The third-order valence-electron chi connectivity index (χ3n) is 5.97. The zero-order chi connectivity index (χ0) is 21.9. The third kappa shape index (κ3) is 4.03. The van der Waals surface area contributed by atoms with Gasteiger partial charge < -0.3 is 15.1 Å². The second-order valence-electron chi connectivity index (χ2n) is 8.28. The Kier molecular flexibility index (Phi) is 5.73. The highest BCUT2D eigenvalue weighted by Crippen LogP contribution is 2.27. The Hall–Kier alpha value is -3.45. The van der Waals surface area contributed by atoms with Gasteiger partial charge in [-0.3, -0.25) is 4.57 Å². The Morgan fingerprint density at radius 2 is 1.62 bits per heavy atom. The van der Waals surface area contributed by atoms with E-state index in [0.717, 1.165) is 67.4 Å². The van der Waals surface area contributed by atoms with Crippen LogP contribution >= 0.6 is 0 Å². The monoisotopic (exact) mass is 427 g/mol. The molecule has 7 nitrogen and oxygen atoms in total. The smallest absolute Gasteiger partial charge is 0.170 e. The van der Waals surface area contributed by atoms with Crippen molar-refractivity contribution in [3.63, 3.8) is 0 Å². The Bertz CT molecular complexity index is 1180. The molecular weight excluding hydrogens is 398 g/mol. The van der Waals surface area contributed by atoms with E-state index >= 15 is 0 Å². The van der Waals surface area contributed by atoms with Gasteiger partial charge in [-0.15, -0.1) is 0 Å². The molecule has 164 valence electrons. The van der Waals surface area contributed by atoms with Gasteiger partial charge in [-0.2, -0.15) is 0 Å². The Morgan fingerprint density at radius 1 is 0.875 bits per heavy atom. The fourth-order valence-corrected chi connectivity index (χ4v) is 4.06. The van der Waals surface area contributed by atoms with Crippen molar-refractivity contribution in [2.45, 2.75) is 13.3 Å². The van der Waals surface area contributed by atoms with E-state index in [1.807, 2.05) is 29.1 Å². The zero-order valence-corrected chi connectivity index (χ0v) is 18.7. The summed E-state index contributed by atoms with van der Waals surface area (Å²) in [5.74, 6) is 1.49. The fraction of sp³-hybridized carbons (Fsp3) is 0.320. The number of anilines is 2. The van der Waals surface area contributed by atoms with Crippen molar-refractivity contribution < 1.29 is 0 Å². The summed E-state index contributed by atoms with van der Waals surface area (Å²) in [6, 6.07) is 18.8. The standard InChI is InChI=1S/C25H29N7/c1-3-13-26-24-22-25(32(18-27-22)21-7-5-4-6-8-21)29-23(28-24)19-9-11-20(12-10-19)31-16-14-30(2)15-17-31/h4-12,18H,3,13-17H2,1-2H3,(H,26,28,29). The average molecular weight is 428 g/mol. The number of hydrogen-bond acceptors (Lipinski definition) is 6. The summed E-state index contributed by atoms with van der Waals surface area (Å²) in [6.45, 7) is 7.28. The molecule has 1 aliphatic rings. The lowest BCUT2D eigenvalue weighted by Crippen LogP contribution is -2.44. The molecule has 2 aromatic carbocycles. The Balaban J connectivity index is 1.53. The van der Waals surface area contributed by atoms with E-state index in [1.165, 1.54) is 5.69 Å². The zero-order valence-electron chi connectivity index (χ0n) is 18.7. The summed E-state index contributed by atoms with van der Waals surface area (Å²) >= 11 is 0. The Labute approximate surface area is 188 Å². The number of hydrogen-bond donors (Lipinski definition) is 1. The largest absolute Gasteiger partial charge is 0.369 e. The number of nitrogens with zero attached hydrogens (tertiary/aromatic N) is 6. The van der Waals surface area contributed by atoms with Crippen LogP contribution in [-0.4, -0.2) is 64.2 Å². The van der Waals surface area contributed by atoms with Crippen molar-refractivity contribution in [1.82, 2.24) is 24.4 Å². The van der Waals surface area contributed by atoms with Gasteiger partial charge in [0.2, 0.25) is 0 Å². The van der Waals surface area contributed by atoms with Gasteiger partial charge >= 0.3 is 0 Å². The van der Waals surface area contributed by atoms with Gasteiger partial charge in [-0.1, -0.05) is 25.1 Å². The first-order chi connectivity index (χ1) is 15.7. The number of fused-ring (bicyclic) bond motifs is 1.